The molecule has 0 radical (unpaired) electrons. The number of aryl methyl sites for hydroxylation is 2. The number of carbonyl (C=O) groups excluding carboxylic acids is 1. The molecule has 0 amide bonds. The lowest BCUT2D eigenvalue weighted by atomic mass is 10.0. The third-order valence-electron chi connectivity index (χ3n) is 3.70. The number of rotatable bonds is 0. The van der Waals surface area contributed by atoms with E-state index in [1.165, 1.54) is 28.1 Å². The van der Waals surface area contributed by atoms with Crippen molar-refractivity contribution in [2.45, 2.75) is 19.8 Å². The molecule has 0 unspecified atom stereocenters. The molecule has 18 heavy (non-hydrogen) atoms. The Balaban J connectivity index is 2.30. The Morgan fingerprint density at radius 2 is 2.11 bits per heavy atom. The highest BCUT2D eigenvalue weighted by molar-refractivity contribution is 6.10. The van der Waals surface area contributed by atoms with Crippen molar-refractivity contribution in [3.05, 3.63) is 35.4 Å². The van der Waals surface area contributed by atoms with Gasteiger partial charge in [0.05, 0.1) is 0 Å². The van der Waals surface area contributed by atoms with Gasteiger partial charge in [0, 0.05) is 12.3 Å². The highest BCUT2D eigenvalue weighted by Gasteiger charge is 2.20. The maximum Gasteiger partial charge on any atom is 0.245 e. The second kappa shape index (κ2) is 3.16. The average Bonchev–Trinajstić information content (AvgIpc) is 2.95. The quantitative estimate of drug-likeness (QED) is 0.603. The largest absolute Gasteiger partial charge is 0.273 e. The van der Waals surface area contributed by atoms with Gasteiger partial charge in [0.25, 0.3) is 0 Å². The lowest BCUT2D eigenvalue weighted by Crippen LogP contribution is -2.07. The van der Waals surface area contributed by atoms with Gasteiger partial charge in [-0.05, 0) is 35.4 Å². The first-order valence-corrected chi connectivity index (χ1v) is 6.05. The molecule has 4 heteroatoms. The summed E-state index contributed by atoms with van der Waals surface area (Å²) < 4.78 is 1.40. The van der Waals surface area contributed by atoms with E-state index in [-0.39, 0.29) is 5.91 Å². The fraction of sp³-hybridized carbons (Fsp3) is 0.214. The molecular weight excluding hydrogens is 226 g/mol. The number of fused-ring (bicyclic) bond motifs is 2. The summed E-state index contributed by atoms with van der Waals surface area (Å²) in [6.45, 7) is 1.51. The van der Waals surface area contributed by atoms with Crippen molar-refractivity contribution in [1.82, 2.24) is 15.0 Å². The highest BCUT2D eigenvalue weighted by atomic mass is 16.2. The third kappa shape index (κ3) is 1.07. The first-order chi connectivity index (χ1) is 8.75. The molecule has 0 saturated heterocycles. The van der Waals surface area contributed by atoms with E-state index in [1.807, 2.05) is 6.07 Å². The standard InChI is InChI=1S/C14H11N3O/c1-8(18)17-14-11-4-2-3-9-5-6-10(13(9)11)7-12(14)15-16-17/h2-4,7H,5-6H2,1H3. The van der Waals surface area contributed by atoms with Crippen LogP contribution in [0, 0.1) is 0 Å². The van der Waals surface area contributed by atoms with Crippen LogP contribution in [0.25, 0.3) is 21.8 Å². The molecule has 1 aliphatic rings. The second-order valence-corrected chi connectivity index (χ2v) is 4.76. The van der Waals surface area contributed by atoms with E-state index >= 15 is 0 Å². The van der Waals surface area contributed by atoms with Crippen molar-refractivity contribution in [2.75, 3.05) is 0 Å². The van der Waals surface area contributed by atoms with E-state index in [1.54, 1.807) is 0 Å². The molecule has 4 rings (SSSR count). The molecule has 0 atom stereocenters. The topological polar surface area (TPSA) is 47.8 Å². The van der Waals surface area contributed by atoms with Crippen molar-refractivity contribution in [3.8, 4) is 0 Å². The zero-order valence-corrected chi connectivity index (χ0v) is 9.97. The Morgan fingerprint density at radius 1 is 1.28 bits per heavy atom. The minimum absolute atomic E-state index is 0.101. The molecular formula is C14H11N3O. The summed E-state index contributed by atoms with van der Waals surface area (Å²) >= 11 is 0. The predicted molar refractivity (Wildman–Crippen MR) is 68.7 cm³/mol. The van der Waals surface area contributed by atoms with Gasteiger partial charge >= 0.3 is 0 Å². The monoisotopic (exact) mass is 237 g/mol. The Morgan fingerprint density at radius 3 is 2.94 bits per heavy atom. The Labute approximate surface area is 103 Å². The SMILES string of the molecule is CC(=O)n1nnc2cc3c4c(cccc4c21)CC3. The van der Waals surface area contributed by atoms with Crippen molar-refractivity contribution in [1.29, 1.82) is 0 Å². The number of hydrogen-bond acceptors (Lipinski definition) is 3. The minimum Gasteiger partial charge on any atom is -0.273 e. The van der Waals surface area contributed by atoms with Gasteiger partial charge in [0.2, 0.25) is 5.91 Å². The van der Waals surface area contributed by atoms with E-state index in [0.717, 1.165) is 29.3 Å². The predicted octanol–water partition coefficient (Wildman–Crippen LogP) is 2.34. The molecule has 2 aromatic carbocycles. The summed E-state index contributed by atoms with van der Waals surface area (Å²) in [5.74, 6) is -0.101. The van der Waals surface area contributed by atoms with E-state index in [2.05, 4.69) is 28.5 Å². The van der Waals surface area contributed by atoms with Crippen LogP contribution in [0.4, 0.5) is 0 Å². The number of carbonyl (C=O) groups is 1. The molecule has 1 aliphatic carbocycles. The summed E-state index contributed by atoms with van der Waals surface area (Å²) in [5, 5.41) is 10.5. The molecule has 1 aromatic heterocycles. The number of nitrogens with zero attached hydrogens (tertiary/aromatic N) is 3. The zero-order chi connectivity index (χ0) is 12.3. The molecule has 0 spiro atoms. The smallest absolute Gasteiger partial charge is 0.245 e. The number of aromatic nitrogens is 3. The fourth-order valence-electron chi connectivity index (χ4n) is 2.95. The lowest BCUT2D eigenvalue weighted by Gasteiger charge is -2.04. The van der Waals surface area contributed by atoms with Gasteiger partial charge in [-0.15, -0.1) is 5.10 Å². The van der Waals surface area contributed by atoms with Gasteiger partial charge in [-0.25, -0.2) is 0 Å². The summed E-state index contributed by atoms with van der Waals surface area (Å²) in [5.41, 5.74) is 4.33. The molecule has 0 bridgehead atoms. The second-order valence-electron chi connectivity index (χ2n) is 4.76. The first kappa shape index (κ1) is 9.76. The summed E-state index contributed by atoms with van der Waals surface area (Å²) in [6.07, 6.45) is 2.13. The van der Waals surface area contributed by atoms with Gasteiger partial charge in [0.15, 0.2) is 0 Å². The zero-order valence-electron chi connectivity index (χ0n) is 9.97. The molecule has 3 aromatic rings. The van der Waals surface area contributed by atoms with E-state index in [4.69, 9.17) is 0 Å². The van der Waals surface area contributed by atoms with Crippen LogP contribution in [0.2, 0.25) is 0 Å². The molecule has 4 nitrogen and oxygen atoms in total. The van der Waals surface area contributed by atoms with Crippen LogP contribution in [-0.2, 0) is 12.8 Å². The number of hydrogen-bond donors (Lipinski definition) is 0. The van der Waals surface area contributed by atoms with Crippen molar-refractivity contribution in [3.63, 3.8) is 0 Å². The van der Waals surface area contributed by atoms with Crippen molar-refractivity contribution in [2.24, 2.45) is 0 Å². The van der Waals surface area contributed by atoms with Crippen LogP contribution in [0.15, 0.2) is 24.3 Å². The number of benzene rings is 2. The Hall–Kier alpha value is -2.23. The van der Waals surface area contributed by atoms with Crippen LogP contribution in [0.3, 0.4) is 0 Å². The highest BCUT2D eigenvalue weighted by Crippen LogP contribution is 2.35. The van der Waals surface area contributed by atoms with Crippen molar-refractivity contribution >= 4 is 27.7 Å². The third-order valence-corrected chi connectivity index (χ3v) is 3.70. The van der Waals surface area contributed by atoms with Gasteiger partial charge in [-0.3, -0.25) is 4.79 Å². The molecule has 1 heterocycles. The van der Waals surface area contributed by atoms with Gasteiger partial charge in [-0.1, -0.05) is 23.4 Å². The maximum absolute atomic E-state index is 11.6. The van der Waals surface area contributed by atoms with Crippen LogP contribution in [0.5, 0.6) is 0 Å². The average molecular weight is 237 g/mol. The van der Waals surface area contributed by atoms with Crippen molar-refractivity contribution < 1.29 is 4.79 Å². The minimum atomic E-state index is -0.101. The maximum atomic E-state index is 11.6. The molecule has 0 fully saturated rings. The Bertz CT molecular complexity index is 817. The summed E-state index contributed by atoms with van der Waals surface area (Å²) in [7, 11) is 0. The fourth-order valence-corrected chi connectivity index (χ4v) is 2.95. The normalized spacial score (nSPS) is 13.6. The Kier molecular flexibility index (Phi) is 1.71. The van der Waals surface area contributed by atoms with Crippen LogP contribution < -0.4 is 0 Å². The molecule has 88 valence electrons. The van der Waals surface area contributed by atoms with E-state index in [0.29, 0.717) is 0 Å². The van der Waals surface area contributed by atoms with Crippen LogP contribution >= 0.6 is 0 Å². The first-order valence-electron chi connectivity index (χ1n) is 6.05. The summed E-state index contributed by atoms with van der Waals surface area (Å²) in [4.78, 5) is 11.6. The molecule has 0 saturated carbocycles. The van der Waals surface area contributed by atoms with Crippen LogP contribution in [-0.4, -0.2) is 20.9 Å². The van der Waals surface area contributed by atoms with E-state index < -0.39 is 0 Å². The molecule has 0 N–H and O–H groups in total. The van der Waals surface area contributed by atoms with Crippen LogP contribution in [0.1, 0.15) is 22.8 Å². The molecule has 0 aliphatic heterocycles. The van der Waals surface area contributed by atoms with Gasteiger partial charge < -0.3 is 0 Å². The summed E-state index contributed by atoms with van der Waals surface area (Å²) in [6, 6.07) is 8.33. The van der Waals surface area contributed by atoms with Gasteiger partial charge in [0.1, 0.15) is 11.0 Å². The van der Waals surface area contributed by atoms with Gasteiger partial charge in [-0.2, -0.15) is 4.68 Å². The lowest BCUT2D eigenvalue weighted by molar-refractivity contribution is 0.0924. The van der Waals surface area contributed by atoms with E-state index in [9.17, 15) is 4.79 Å².